The number of H-pyrrole nitrogens is 1. The van der Waals surface area contributed by atoms with Crippen molar-refractivity contribution in [2.45, 2.75) is 17.4 Å². The van der Waals surface area contributed by atoms with Gasteiger partial charge in [-0.25, -0.2) is 13.2 Å². The van der Waals surface area contributed by atoms with Crippen molar-refractivity contribution in [2.75, 3.05) is 20.2 Å². The van der Waals surface area contributed by atoms with Crippen LogP contribution in [0.1, 0.15) is 6.42 Å². The number of benzene rings is 1. The minimum atomic E-state index is -3.72. The van der Waals surface area contributed by atoms with E-state index in [0.717, 1.165) is 0 Å². The average molecular weight is 392 g/mol. The van der Waals surface area contributed by atoms with Crippen LogP contribution in [0.5, 0.6) is 11.8 Å². The largest absolute Gasteiger partial charge is 0.480 e. The van der Waals surface area contributed by atoms with E-state index in [1.807, 2.05) is 0 Å². The highest BCUT2D eigenvalue weighted by Crippen LogP contribution is 2.25. The van der Waals surface area contributed by atoms with E-state index in [-0.39, 0.29) is 17.5 Å². The van der Waals surface area contributed by atoms with Crippen molar-refractivity contribution in [2.24, 2.45) is 0 Å². The number of aromatic amines is 1. The first-order chi connectivity index (χ1) is 13.0. The Bertz CT molecular complexity index is 1120. The zero-order valence-electron chi connectivity index (χ0n) is 14.3. The van der Waals surface area contributed by atoms with Crippen molar-refractivity contribution in [1.29, 1.82) is 0 Å². The molecule has 1 saturated heterocycles. The number of oxazole rings is 1. The molecule has 27 heavy (non-hydrogen) atoms. The van der Waals surface area contributed by atoms with Gasteiger partial charge in [0.2, 0.25) is 21.8 Å². The van der Waals surface area contributed by atoms with E-state index in [4.69, 9.17) is 13.9 Å². The fraction of sp³-hybridized carbons (Fsp3) is 0.312. The molecule has 4 rings (SSSR count). The predicted octanol–water partition coefficient (Wildman–Crippen LogP) is 0.762. The Morgan fingerprint density at radius 3 is 2.74 bits per heavy atom. The van der Waals surface area contributed by atoms with Gasteiger partial charge < -0.3 is 13.9 Å². The molecular formula is C16H16N4O6S. The van der Waals surface area contributed by atoms with Crippen molar-refractivity contribution in [3.05, 3.63) is 40.9 Å². The molecule has 2 aromatic heterocycles. The molecule has 0 radical (unpaired) electrons. The molecule has 1 fully saturated rings. The first-order valence-electron chi connectivity index (χ1n) is 8.13. The van der Waals surface area contributed by atoms with Crippen molar-refractivity contribution in [3.63, 3.8) is 0 Å². The van der Waals surface area contributed by atoms with Crippen LogP contribution >= 0.6 is 0 Å². The van der Waals surface area contributed by atoms with Crippen LogP contribution < -0.4 is 15.2 Å². The van der Waals surface area contributed by atoms with Gasteiger partial charge in [0, 0.05) is 18.7 Å². The number of sulfonamides is 1. The minimum Gasteiger partial charge on any atom is -0.480 e. The summed E-state index contributed by atoms with van der Waals surface area (Å²) in [7, 11) is -2.24. The van der Waals surface area contributed by atoms with E-state index in [1.54, 1.807) is 12.1 Å². The zero-order chi connectivity index (χ0) is 19.0. The van der Waals surface area contributed by atoms with Gasteiger partial charge in [0.05, 0.1) is 24.1 Å². The highest BCUT2D eigenvalue weighted by Gasteiger charge is 2.34. The lowest BCUT2D eigenvalue weighted by Crippen LogP contribution is -2.31. The molecule has 1 aliphatic rings. The van der Waals surface area contributed by atoms with Crippen molar-refractivity contribution < 1.29 is 22.3 Å². The highest BCUT2D eigenvalue weighted by molar-refractivity contribution is 7.89. The molecule has 1 aliphatic heterocycles. The predicted molar refractivity (Wildman–Crippen MR) is 93.2 cm³/mol. The van der Waals surface area contributed by atoms with Crippen LogP contribution in [0.4, 0.5) is 0 Å². The number of hydrogen-bond acceptors (Lipinski definition) is 8. The number of aromatic nitrogens is 3. The third-order valence-corrected chi connectivity index (χ3v) is 6.11. The normalized spacial score (nSPS) is 18.0. The van der Waals surface area contributed by atoms with Crippen LogP contribution in [0, 0.1) is 0 Å². The Kier molecular flexibility index (Phi) is 4.32. The Morgan fingerprint density at radius 1 is 1.22 bits per heavy atom. The summed E-state index contributed by atoms with van der Waals surface area (Å²) in [6.07, 6.45) is 0.192. The number of methoxy groups -OCH3 is 1. The number of nitrogens with one attached hydrogen (secondary N) is 1. The van der Waals surface area contributed by atoms with Gasteiger partial charge in [-0.05, 0) is 24.6 Å². The molecule has 3 aromatic rings. The first-order valence-corrected chi connectivity index (χ1v) is 9.57. The van der Waals surface area contributed by atoms with E-state index in [1.165, 1.54) is 29.6 Å². The molecule has 142 valence electrons. The summed E-state index contributed by atoms with van der Waals surface area (Å²) in [5, 5.41) is 7.70. The summed E-state index contributed by atoms with van der Waals surface area (Å²) in [4.78, 5) is 13.8. The highest BCUT2D eigenvalue weighted by atomic mass is 32.2. The Labute approximate surface area is 153 Å². The van der Waals surface area contributed by atoms with Crippen LogP contribution in [0.3, 0.4) is 0 Å². The lowest BCUT2D eigenvalue weighted by atomic mass is 10.3. The second kappa shape index (κ2) is 6.67. The number of ether oxygens (including phenoxy) is 2. The molecule has 1 aromatic carbocycles. The molecule has 0 unspecified atom stereocenters. The van der Waals surface area contributed by atoms with E-state index in [0.29, 0.717) is 35.8 Å². The van der Waals surface area contributed by atoms with Gasteiger partial charge in [-0.1, -0.05) is 0 Å². The standard InChI is InChI=1S/C16H16N4O6S/c1-24-14-4-5-15(19-18-14)25-10-6-7-20(9-10)27(22,23)11-2-3-13-12(8-11)17-16(21)26-13/h2-5,8,10H,6-7,9H2,1H3,(H,17,21)/t10-/m0/s1. The molecule has 3 heterocycles. The Morgan fingerprint density at radius 2 is 2.00 bits per heavy atom. The van der Waals surface area contributed by atoms with E-state index < -0.39 is 15.8 Å². The van der Waals surface area contributed by atoms with Crippen molar-refractivity contribution >= 4 is 21.1 Å². The molecule has 0 saturated carbocycles. The number of hydrogen-bond donors (Lipinski definition) is 1. The van der Waals surface area contributed by atoms with Gasteiger partial charge in [-0.15, -0.1) is 10.2 Å². The smallest absolute Gasteiger partial charge is 0.417 e. The van der Waals surface area contributed by atoms with Gasteiger partial charge in [-0.2, -0.15) is 4.31 Å². The minimum absolute atomic E-state index is 0.0805. The van der Waals surface area contributed by atoms with Crippen LogP contribution in [0.25, 0.3) is 11.1 Å². The van der Waals surface area contributed by atoms with E-state index in [9.17, 15) is 13.2 Å². The lowest BCUT2D eigenvalue weighted by Gasteiger charge is -2.17. The molecule has 0 spiro atoms. The molecule has 10 nitrogen and oxygen atoms in total. The fourth-order valence-electron chi connectivity index (χ4n) is 2.90. The van der Waals surface area contributed by atoms with Crippen molar-refractivity contribution in [1.82, 2.24) is 19.5 Å². The van der Waals surface area contributed by atoms with Crippen LogP contribution in [0.2, 0.25) is 0 Å². The third kappa shape index (κ3) is 3.38. The SMILES string of the molecule is COc1ccc(O[C@H]2CCN(S(=O)(=O)c3ccc4oc(=O)[nH]c4c3)C2)nn1. The second-order valence-electron chi connectivity index (χ2n) is 5.98. The maximum atomic E-state index is 12.9. The summed E-state index contributed by atoms with van der Waals surface area (Å²) < 4.78 is 42.6. The number of fused-ring (bicyclic) bond motifs is 1. The summed E-state index contributed by atoms with van der Waals surface area (Å²) in [5.41, 5.74) is 0.640. The molecule has 1 N–H and O–H groups in total. The summed E-state index contributed by atoms with van der Waals surface area (Å²) in [6, 6.07) is 7.49. The molecule has 0 bridgehead atoms. The van der Waals surface area contributed by atoms with Gasteiger partial charge in [-0.3, -0.25) is 4.98 Å². The Balaban J connectivity index is 1.49. The average Bonchev–Trinajstić information content (AvgIpc) is 3.27. The summed E-state index contributed by atoms with van der Waals surface area (Å²) in [6.45, 7) is 0.506. The molecule has 0 amide bonds. The maximum absolute atomic E-state index is 12.9. The first kappa shape index (κ1) is 17.5. The Hall–Kier alpha value is -2.92. The van der Waals surface area contributed by atoms with Crippen molar-refractivity contribution in [3.8, 4) is 11.8 Å². The zero-order valence-corrected chi connectivity index (χ0v) is 15.1. The summed E-state index contributed by atoms with van der Waals surface area (Å²) in [5.74, 6) is 0.0397. The monoisotopic (exact) mass is 392 g/mol. The van der Waals surface area contributed by atoms with Crippen LogP contribution in [-0.2, 0) is 10.0 Å². The van der Waals surface area contributed by atoms with Gasteiger partial charge >= 0.3 is 5.76 Å². The molecular weight excluding hydrogens is 376 g/mol. The van der Waals surface area contributed by atoms with Crippen LogP contribution in [0.15, 0.2) is 44.4 Å². The third-order valence-electron chi connectivity index (χ3n) is 4.25. The summed E-state index contributed by atoms with van der Waals surface area (Å²) >= 11 is 0. The maximum Gasteiger partial charge on any atom is 0.417 e. The van der Waals surface area contributed by atoms with Gasteiger partial charge in [0.15, 0.2) is 5.58 Å². The lowest BCUT2D eigenvalue weighted by molar-refractivity contribution is 0.203. The van der Waals surface area contributed by atoms with Gasteiger partial charge in [0.25, 0.3) is 0 Å². The molecule has 0 aliphatic carbocycles. The molecule has 1 atom stereocenters. The number of rotatable bonds is 5. The van der Waals surface area contributed by atoms with E-state index in [2.05, 4.69) is 15.2 Å². The van der Waals surface area contributed by atoms with Crippen LogP contribution in [-0.4, -0.2) is 54.2 Å². The molecule has 11 heteroatoms. The fourth-order valence-corrected chi connectivity index (χ4v) is 4.42. The van der Waals surface area contributed by atoms with Gasteiger partial charge in [0.1, 0.15) is 6.10 Å². The topological polar surface area (TPSA) is 128 Å². The second-order valence-corrected chi connectivity index (χ2v) is 7.92. The quantitative estimate of drug-likeness (QED) is 0.674. The number of nitrogens with zero attached hydrogens (tertiary/aromatic N) is 3. The van der Waals surface area contributed by atoms with E-state index >= 15 is 0 Å².